The highest BCUT2D eigenvalue weighted by Gasteiger charge is 2.16. The number of aliphatic hydroxyl groups is 1. The third-order valence-electron chi connectivity index (χ3n) is 3.60. The molecule has 0 bridgehead atoms. The standard InChI is InChI=1S/C18H15N3O3/c1-23-12-7-11(8-13(9-12)24-2)17(22)14(10-19)18-20-15-5-3-4-6-16(15)21-18/h3-9,22H,1-2H3,(H,20,21)/b17-14-. The lowest BCUT2D eigenvalue weighted by atomic mass is 10.1. The van der Waals surface area contributed by atoms with Crippen molar-refractivity contribution in [2.24, 2.45) is 0 Å². The van der Waals surface area contributed by atoms with Crippen molar-refractivity contribution in [1.82, 2.24) is 9.97 Å². The minimum absolute atomic E-state index is 0.0431. The van der Waals surface area contributed by atoms with Gasteiger partial charge in [-0.1, -0.05) is 12.1 Å². The molecule has 1 aromatic heterocycles. The van der Waals surface area contributed by atoms with Crippen molar-refractivity contribution in [2.75, 3.05) is 14.2 Å². The van der Waals surface area contributed by atoms with Gasteiger partial charge in [-0.05, 0) is 24.3 Å². The van der Waals surface area contributed by atoms with Crippen molar-refractivity contribution in [3.05, 3.63) is 53.9 Å². The molecule has 3 rings (SSSR count). The van der Waals surface area contributed by atoms with E-state index in [0.29, 0.717) is 22.9 Å². The molecule has 0 radical (unpaired) electrons. The molecule has 0 fully saturated rings. The van der Waals surface area contributed by atoms with Crippen molar-refractivity contribution in [2.45, 2.75) is 0 Å². The van der Waals surface area contributed by atoms with Gasteiger partial charge in [0.2, 0.25) is 0 Å². The fraction of sp³-hybridized carbons (Fsp3) is 0.111. The van der Waals surface area contributed by atoms with E-state index in [4.69, 9.17) is 9.47 Å². The van der Waals surface area contributed by atoms with Crippen LogP contribution in [0.2, 0.25) is 0 Å². The number of aromatic amines is 1. The van der Waals surface area contributed by atoms with Gasteiger partial charge in [-0.3, -0.25) is 0 Å². The molecule has 0 aliphatic rings. The van der Waals surface area contributed by atoms with Gasteiger partial charge in [-0.2, -0.15) is 5.26 Å². The number of nitrogens with one attached hydrogen (secondary N) is 1. The van der Waals surface area contributed by atoms with E-state index in [1.165, 1.54) is 14.2 Å². The van der Waals surface area contributed by atoms with Crippen molar-refractivity contribution in [3.8, 4) is 17.6 Å². The third kappa shape index (κ3) is 2.75. The molecule has 0 unspecified atom stereocenters. The van der Waals surface area contributed by atoms with E-state index in [0.717, 1.165) is 11.0 Å². The lowest BCUT2D eigenvalue weighted by Crippen LogP contribution is -1.95. The smallest absolute Gasteiger partial charge is 0.153 e. The summed E-state index contributed by atoms with van der Waals surface area (Å²) in [6.07, 6.45) is 0. The number of hydrogen-bond acceptors (Lipinski definition) is 5. The van der Waals surface area contributed by atoms with Crippen LogP contribution in [0.5, 0.6) is 11.5 Å². The number of methoxy groups -OCH3 is 2. The van der Waals surface area contributed by atoms with Crippen LogP contribution in [0.25, 0.3) is 22.4 Å². The van der Waals surface area contributed by atoms with Gasteiger partial charge in [0.15, 0.2) is 5.82 Å². The minimum atomic E-state index is -0.200. The Morgan fingerprint density at radius 3 is 2.38 bits per heavy atom. The van der Waals surface area contributed by atoms with Gasteiger partial charge in [-0.25, -0.2) is 4.98 Å². The zero-order valence-electron chi connectivity index (χ0n) is 13.2. The molecule has 6 nitrogen and oxygen atoms in total. The summed E-state index contributed by atoms with van der Waals surface area (Å²) in [7, 11) is 3.04. The van der Waals surface area contributed by atoms with Crippen LogP contribution < -0.4 is 9.47 Å². The summed E-state index contributed by atoms with van der Waals surface area (Å²) in [6.45, 7) is 0. The largest absolute Gasteiger partial charge is 0.506 e. The Morgan fingerprint density at radius 2 is 1.79 bits per heavy atom. The summed E-state index contributed by atoms with van der Waals surface area (Å²) in [5, 5.41) is 20.1. The summed E-state index contributed by atoms with van der Waals surface area (Å²) in [6, 6.07) is 14.3. The molecular weight excluding hydrogens is 306 g/mol. The number of para-hydroxylation sites is 2. The second-order valence-electron chi connectivity index (χ2n) is 5.04. The van der Waals surface area contributed by atoms with E-state index in [1.807, 2.05) is 30.3 Å². The van der Waals surface area contributed by atoms with Crippen LogP contribution in [-0.2, 0) is 0 Å². The second-order valence-corrected chi connectivity index (χ2v) is 5.04. The number of benzene rings is 2. The molecule has 1 heterocycles. The summed E-state index contributed by atoms with van der Waals surface area (Å²) >= 11 is 0. The molecule has 0 atom stereocenters. The van der Waals surface area contributed by atoms with Gasteiger partial charge in [0.1, 0.15) is 28.9 Å². The Morgan fingerprint density at radius 1 is 1.12 bits per heavy atom. The summed E-state index contributed by atoms with van der Waals surface area (Å²) < 4.78 is 10.4. The topological polar surface area (TPSA) is 91.2 Å². The maximum Gasteiger partial charge on any atom is 0.153 e. The highest BCUT2D eigenvalue weighted by Crippen LogP contribution is 2.30. The summed E-state index contributed by atoms with van der Waals surface area (Å²) in [5.41, 5.74) is 1.96. The first-order valence-corrected chi connectivity index (χ1v) is 7.18. The van der Waals surface area contributed by atoms with Gasteiger partial charge in [0.05, 0.1) is 25.3 Å². The predicted molar refractivity (Wildman–Crippen MR) is 90.7 cm³/mol. The molecule has 24 heavy (non-hydrogen) atoms. The zero-order valence-corrected chi connectivity index (χ0v) is 13.2. The average molecular weight is 321 g/mol. The van der Waals surface area contributed by atoms with E-state index in [-0.39, 0.29) is 11.3 Å². The summed E-state index contributed by atoms with van der Waals surface area (Å²) in [4.78, 5) is 7.40. The number of aliphatic hydroxyl groups excluding tert-OH is 1. The van der Waals surface area contributed by atoms with Crippen LogP contribution in [0.15, 0.2) is 42.5 Å². The minimum Gasteiger partial charge on any atom is -0.506 e. The van der Waals surface area contributed by atoms with Gasteiger partial charge >= 0.3 is 0 Å². The van der Waals surface area contributed by atoms with Crippen molar-refractivity contribution < 1.29 is 14.6 Å². The number of ether oxygens (including phenoxy) is 2. The molecule has 2 aromatic carbocycles. The third-order valence-corrected chi connectivity index (χ3v) is 3.60. The van der Waals surface area contributed by atoms with Crippen LogP contribution in [-0.4, -0.2) is 29.3 Å². The van der Waals surface area contributed by atoms with Crippen LogP contribution in [0, 0.1) is 11.3 Å². The summed E-state index contributed by atoms with van der Waals surface area (Å²) in [5.74, 6) is 1.13. The van der Waals surface area contributed by atoms with Crippen LogP contribution in [0.4, 0.5) is 0 Å². The maximum atomic E-state index is 10.6. The fourth-order valence-electron chi connectivity index (χ4n) is 2.38. The molecule has 0 aliphatic heterocycles. The highest BCUT2D eigenvalue weighted by molar-refractivity contribution is 5.94. The van der Waals surface area contributed by atoms with E-state index in [9.17, 15) is 10.4 Å². The van der Waals surface area contributed by atoms with E-state index >= 15 is 0 Å². The SMILES string of the molecule is COc1cc(OC)cc(/C(O)=C(\C#N)c2nc3ccccc3[nH]2)c1. The fourth-order valence-corrected chi connectivity index (χ4v) is 2.38. The van der Waals surface area contributed by atoms with Gasteiger partial charge < -0.3 is 19.6 Å². The predicted octanol–water partition coefficient (Wildman–Crippen LogP) is 3.53. The molecule has 0 aliphatic carbocycles. The van der Waals surface area contributed by atoms with Crippen LogP contribution in [0.1, 0.15) is 11.4 Å². The van der Waals surface area contributed by atoms with Crippen molar-refractivity contribution >= 4 is 22.4 Å². The Bertz CT molecular complexity index is 912. The molecule has 3 aromatic rings. The molecule has 6 heteroatoms. The molecule has 0 amide bonds. The van der Waals surface area contributed by atoms with Gasteiger partial charge in [0.25, 0.3) is 0 Å². The number of nitrogens with zero attached hydrogens (tertiary/aromatic N) is 2. The number of nitriles is 1. The first kappa shape index (κ1) is 15.4. The van der Waals surface area contributed by atoms with E-state index in [1.54, 1.807) is 18.2 Å². The average Bonchev–Trinajstić information content (AvgIpc) is 3.05. The number of fused-ring (bicyclic) bond motifs is 1. The van der Waals surface area contributed by atoms with Crippen molar-refractivity contribution in [3.63, 3.8) is 0 Å². The molecular formula is C18H15N3O3. The van der Waals surface area contributed by atoms with E-state index in [2.05, 4.69) is 9.97 Å². The Kier molecular flexibility index (Phi) is 4.08. The molecule has 120 valence electrons. The number of imidazole rings is 1. The Balaban J connectivity index is 2.16. The van der Waals surface area contributed by atoms with Gasteiger partial charge in [0, 0.05) is 11.6 Å². The lowest BCUT2D eigenvalue weighted by Gasteiger charge is -2.08. The molecule has 0 saturated carbocycles. The van der Waals surface area contributed by atoms with Crippen LogP contribution in [0.3, 0.4) is 0 Å². The lowest BCUT2D eigenvalue weighted by molar-refractivity contribution is 0.393. The Labute approximate surface area is 138 Å². The maximum absolute atomic E-state index is 10.6. The number of H-pyrrole nitrogens is 1. The van der Waals surface area contributed by atoms with Crippen molar-refractivity contribution in [1.29, 1.82) is 5.26 Å². The Hall–Kier alpha value is -3.46. The number of rotatable bonds is 4. The van der Waals surface area contributed by atoms with Crippen LogP contribution >= 0.6 is 0 Å². The monoisotopic (exact) mass is 321 g/mol. The molecule has 0 saturated heterocycles. The zero-order chi connectivity index (χ0) is 17.1. The quantitative estimate of drug-likeness (QED) is 0.566. The normalized spacial score (nSPS) is 11.7. The second kappa shape index (κ2) is 6.34. The first-order chi connectivity index (χ1) is 11.7. The molecule has 2 N–H and O–H groups in total. The van der Waals surface area contributed by atoms with E-state index < -0.39 is 0 Å². The van der Waals surface area contributed by atoms with Gasteiger partial charge in [-0.15, -0.1) is 0 Å². The number of hydrogen-bond donors (Lipinski definition) is 2. The number of allylic oxidation sites excluding steroid dienone is 1. The highest BCUT2D eigenvalue weighted by atomic mass is 16.5. The number of aromatic nitrogens is 2. The first-order valence-electron chi connectivity index (χ1n) is 7.18. The molecule has 0 spiro atoms.